The SMILES string of the molecule is Cc1ccc([C@H](O)c2cccc(F)c2)s1. The summed E-state index contributed by atoms with van der Waals surface area (Å²) in [6.07, 6.45) is -0.723. The van der Waals surface area contributed by atoms with Gasteiger partial charge in [0.25, 0.3) is 0 Å². The van der Waals surface area contributed by atoms with E-state index in [4.69, 9.17) is 0 Å². The van der Waals surface area contributed by atoms with Crippen molar-refractivity contribution in [2.45, 2.75) is 13.0 Å². The van der Waals surface area contributed by atoms with Crippen LogP contribution in [0, 0.1) is 12.7 Å². The molecule has 1 heterocycles. The Morgan fingerprint density at radius 2 is 2.07 bits per heavy atom. The second-order valence-corrected chi connectivity index (χ2v) is 4.73. The van der Waals surface area contributed by atoms with Crippen molar-refractivity contribution in [2.75, 3.05) is 0 Å². The maximum atomic E-state index is 12.9. The Morgan fingerprint density at radius 1 is 1.27 bits per heavy atom. The van der Waals surface area contributed by atoms with Gasteiger partial charge in [0.15, 0.2) is 0 Å². The van der Waals surface area contributed by atoms with Gasteiger partial charge in [-0.2, -0.15) is 0 Å². The lowest BCUT2D eigenvalue weighted by Crippen LogP contribution is -1.97. The van der Waals surface area contributed by atoms with Gasteiger partial charge in [-0.25, -0.2) is 4.39 Å². The molecule has 2 rings (SSSR count). The van der Waals surface area contributed by atoms with Crippen molar-refractivity contribution in [3.05, 3.63) is 57.5 Å². The fraction of sp³-hybridized carbons (Fsp3) is 0.167. The number of hydrogen-bond donors (Lipinski definition) is 1. The zero-order valence-electron chi connectivity index (χ0n) is 8.27. The lowest BCUT2D eigenvalue weighted by atomic mass is 10.1. The van der Waals surface area contributed by atoms with Crippen molar-refractivity contribution in [1.29, 1.82) is 0 Å². The summed E-state index contributed by atoms with van der Waals surface area (Å²) < 4.78 is 12.9. The first-order chi connectivity index (χ1) is 7.16. The number of aliphatic hydroxyl groups is 1. The maximum absolute atomic E-state index is 12.9. The monoisotopic (exact) mass is 222 g/mol. The van der Waals surface area contributed by atoms with Crippen LogP contribution in [-0.2, 0) is 0 Å². The molecule has 0 bridgehead atoms. The van der Waals surface area contributed by atoms with Crippen LogP contribution in [0.4, 0.5) is 4.39 Å². The topological polar surface area (TPSA) is 20.2 Å². The molecule has 0 spiro atoms. The summed E-state index contributed by atoms with van der Waals surface area (Å²) in [6.45, 7) is 1.98. The Balaban J connectivity index is 2.32. The summed E-state index contributed by atoms with van der Waals surface area (Å²) in [7, 11) is 0. The minimum atomic E-state index is -0.723. The van der Waals surface area contributed by atoms with E-state index >= 15 is 0 Å². The average molecular weight is 222 g/mol. The van der Waals surface area contributed by atoms with Crippen molar-refractivity contribution in [3.8, 4) is 0 Å². The first-order valence-electron chi connectivity index (χ1n) is 4.66. The predicted octanol–water partition coefficient (Wildman–Crippen LogP) is 3.28. The van der Waals surface area contributed by atoms with Gasteiger partial charge >= 0.3 is 0 Å². The van der Waals surface area contributed by atoms with Crippen LogP contribution in [0.1, 0.15) is 21.4 Å². The lowest BCUT2D eigenvalue weighted by Gasteiger charge is -2.08. The second-order valence-electron chi connectivity index (χ2n) is 3.41. The van der Waals surface area contributed by atoms with E-state index in [2.05, 4.69) is 0 Å². The molecule has 0 amide bonds. The number of benzene rings is 1. The number of aliphatic hydroxyl groups excluding tert-OH is 1. The molecule has 0 fully saturated rings. The van der Waals surface area contributed by atoms with Gasteiger partial charge in [0.05, 0.1) is 0 Å². The summed E-state index contributed by atoms with van der Waals surface area (Å²) in [6, 6.07) is 9.88. The number of hydrogen-bond acceptors (Lipinski definition) is 2. The van der Waals surface area contributed by atoms with Crippen LogP contribution in [0.25, 0.3) is 0 Å². The molecular weight excluding hydrogens is 211 g/mol. The maximum Gasteiger partial charge on any atom is 0.123 e. The molecule has 2 aromatic rings. The smallest absolute Gasteiger partial charge is 0.123 e. The average Bonchev–Trinajstić information content (AvgIpc) is 2.64. The fourth-order valence-electron chi connectivity index (χ4n) is 1.44. The standard InChI is InChI=1S/C12H11FOS/c1-8-5-6-11(15-8)12(14)9-3-2-4-10(13)7-9/h2-7,12,14H,1H3/t12-/m1/s1. The third-order valence-electron chi connectivity index (χ3n) is 2.20. The van der Waals surface area contributed by atoms with Crippen molar-refractivity contribution >= 4 is 11.3 Å². The van der Waals surface area contributed by atoms with Crippen LogP contribution >= 0.6 is 11.3 Å². The van der Waals surface area contributed by atoms with E-state index in [9.17, 15) is 9.50 Å². The minimum absolute atomic E-state index is 0.320. The van der Waals surface area contributed by atoms with E-state index in [1.54, 1.807) is 12.1 Å². The molecule has 0 saturated carbocycles. The van der Waals surface area contributed by atoms with Crippen molar-refractivity contribution in [2.24, 2.45) is 0 Å². The molecular formula is C12H11FOS. The molecule has 0 saturated heterocycles. The van der Waals surface area contributed by atoms with Crippen molar-refractivity contribution in [1.82, 2.24) is 0 Å². The Morgan fingerprint density at radius 3 is 2.67 bits per heavy atom. The molecule has 0 aliphatic heterocycles. The summed E-state index contributed by atoms with van der Waals surface area (Å²) in [4.78, 5) is 1.98. The highest BCUT2D eigenvalue weighted by Crippen LogP contribution is 2.28. The van der Waals surface area contributed by atoms with Crippen LogP contribution < -0.4 is 0 Å². The molecule has 78 valence electrons. The van der Waals surface area contributed by atoms with E-state index in [0.29, 0.717) is 5.56 Å². The quantitative estimate of drug-likeness (QED) is 0.826. The van der Waals surface area contributed by atoms with Gasteiger partial charge in [-0.05, 0) is 36.8 Å². The predicted molar refractivity (Wildman–Crippen MR) is 59.5 cm³/mol. The molecule has 1 aromatic carbocycles. The minimum Gasteiger partial charge on any atom is -0.383 e. The molecule has 15 heavy (non-hydrogen) atoms. The lowest BCUT2D eigenvalue weighted by molar-refractivity contribution is 0.223. The molecule has 0 aliphatic rings. The van der Waals surface area contributed by atoms with Gasteiger partial charge in [0.2, 0.25) is 0 Å². The van der Waals surface area contributed by atoms with Crippen LogP contribution in [0.2, 0.25) is 0 Å². The van der Waals surface area contributed by atoms with E-state index in [0.717, 1.165) is 9.75 Å². The Bertz CT molecular complexity index is 464. The van der Waals surface area contributed by atoms with Crippen LogP contribution in [0.15, 0.2) is 36.4 Å². The van der Waals surface area contributed by atoms with E-state index in [-0.39, 0.29) is 5.82 Å². The van der Waals surface area contributed by atoms with Gasteiger partial charge in [-0.1, -0.05) is 12.1 Å². The summed E-state index contributed by atoms with van der Waals surface area (Å²) >= 11 is 1.52. The van der Waals surface area contributed by atoms with Gasteiger partial charge in [0, 0.05) is 9.75 Å². The molecule has 0 radical (unpaired) electrons. The highest BCUT2D eigenvalue weighted by Gasteiger charge is 2.12. The zero-order valence-corrected chi connectivity index (χ0v) is 9.09. The molecule has 0 aliphatic carbocycles. The third-order valence-corrected chi connectivity index (χ3v) is 3.25. The van der Waals surface area contributed by atoms with Crippen molar-refractivity contribution < 1.29 is 9.50 Å². The normalized spacial score (nSPS) is 12.7. The Labute approximate surface area is 91.8 Å². The van der Waals surface area contributed by atoms with E-state index in [1.165, 1.54) is 23.5 Å². The molecule has 1 nitrogen and oxygen atoms in total. The Kier molecular flexibility index (Phi) is 2.84. The molecule has 1 aromatic heterocycles. The first kappa shape index (κ1) is 10.3. The summed E-state index contributed by atoms with van der Waals surface area (Å²) in [5, 5.41) is 9.97. The summed E-state index contributed by atoms with van der Waals surface area (Å²) in [5.74, 6) is -0.320. The highest BCUT2D eigenvalue weighted by molar-refractivity contribution is 7.12. The zero-order chi connectivity index (χ0) is 10.8. The molecule has 0 unspecified atom stereocenters. The van der Waals surface area contributed by atoms with Crippen LogP contribution in [0.3, 0.4) is 0 Å². The second kappa shape index (κ2) is 4.13. The van der Waals surface area contributed by atoms with Crippen LogP contribution in [-0.4, -0.2) is 5.11 Å². The first-order valence-corrected chi connectivity index (χ1v) is 5.48. The number of rotatable bonds is 2. The summed E-state index contributed by atoms with van der Waals surface area (Å²) in [5.41, 5.74) is 0.594. The van der Waals surface area contributed by atoms with E-state index in [1.807, 2.05) is 19.1 Å². The van der Waals surface area contributed by atoms with Gasteiger partial charge in [0.1, 0.15) is 11.9 Å². The highest BCUT2D eigenvalue weighted by atomic mass is 32.1. The largest absolute Gasteiger partial charge is 0.383 e. The Hall–Kier alpha value is -1.19. The van der Waals surface area contributed by atoms with Gasteiger partial charge in [-0.3, -0.25) is 0 Å². The van der Waals surface area contributed by atoms with Gasteiger partial charge in [-0.15, -0.1) is 11.3 Å². The van der Waals surface area contributed by atoms with E-state index < -0.39 is 6.10 Å². The molecule has 3 heteroatoms. The van der Waals surface area contributed by atoms with Crippen LogP contribution in [0.5, 0.6) is 0 Å². The van der Waals surface area contributed by atoms with Gasteiger partial charge < -0.3 is 5.11 Å². The number of thiophene rings is 1. The fourth-order valence-corrected chi connectivity index (χ4v) is 2.33. The number of aryl methyl sites for hydroxylation is 1. The van der Waals surface area contributed by atoms with Crippen molar-refractivity contribution in [3.63, 3.8) is 0 Å². The molecule has 1 N–H and O–H groups in total. The third kappa shape index (κ3) is 2.25. The molecule has 1 atom stereocenters. The number of halogens is 1.